The van der Waals surface area contributed by atoms with Gasteiger partial charge in [-0.05, 0) is 36.5 Å². The molecule has 1 fully saturated rings. The zero-order valence-corrected chi connectivity index (χ0v) is 12.2. The maximum absolute atomic E-state index is 10.6. The van der Waals surface area contributed by atoms with E-state index < -0.39 is 5.60 Å². The average Bonchev–Trinajstić information content (AvgIpc) is 2.87. The Morgan fingerprint density at radius 2 is 2.30 bits per heavy atom. The minimum absolute atomic E-state index is 0.510. The van der Waals surface area contributed by atoms with Gasteiger partial charge in [-0.15, -0.1) is 0 Å². The molecule has 108 valence electrons. The van der Waals surface area contributed by atoms with Crippen LogP contribution in [0.5, 0.6) is 0 Å². The molecule has 0 aliphatic heterocycles. The van der Waals surface area contributed by atoms with Gasteiger partial charge in [0.1, 0.15) is 0 Å². The van der Waals surface area contributed by atoms with Gasteiger partial charge in [0.05, 0.1) is 5.60 Å². The van der Waals surface area contributed by atoms with E-state index in [0.717, 1.165) is 25.8 Å². The predicted octanol–water partition coefficient (Wildman–Crippen LogP) is 3.20. The van der Waals surface area contributed by atoms with Gasteiger partial charge in [0.25, 0.3) is 0 Å². The van der Waals surface area contributed by atoms with Crippen LogP contribution in [-0.4, -0.2) is 22.2 Å². The van der Waals surface area contributed by atoms with Crippen molar-refractivity contribution in [1.29, 1.82) is 0 Å². The maximum atomic E-state index is 10.6. The molecule has 0 bridgehead atoms. The fourth-order valence-electron chi connectivity index (χ4n) is 3.53. The average molecular weight is 272 g/mol. The number of hydrogen-bond acceptors (Lipinski definition) is 2. The van der Waals surface area contributed by atoms with Crippen molar-refractivity contribution in [2.75, 3.05) is 6.54 Å². The Morgan fingerprint density at radius 3 is 3.15 bits per heavy atom. The molecule has 2 atom stereocenters. The maximum Gasteiger partial charge on any atom is 0.0774 e. The standard InChI is InChI=1S/C17H24N2O/c1-13-4-3-8-17(20,10-13)12-18-11-14-5-2-6-16-15(14)7-9-19-16/h2,5-7,9,13,18-20H,3-4,8,10-12H2,1H3. The van der Waals surface area contributed by atoms with Crippen LogP contribution in [0.2, 0.25) is 0 Å². The lowest BCUT2D eigenvalue weighted by Gasteiger charge is -2.35. The van der Waals surface area contributed by atoms with E-state index in [9.17, 15) is 5.11 Å². The Morgan fingerprint density at radius 1 is 1.40 bits per heavy atom. The van der Waals surface area contributed by atoms with E-state index in [1.54, 1.807) is 0 Å². The molecule has 1 aliphatic rings. The molecule has 1 aromatic heterocycles. The van der Waals surface area contributed by atoms with Crippen LogP contribution in [0.4, 0.5) is 0 Å². The first-order chi connectivity index (χ1) is 9.66. The highest BCUT2D eigenvalue weighted by Gasteiger charge is 2.31. The van der Waals surface area contributed by atoms with Crippen molar-refractivity contribution in [2.45, 2.75) is 44.8 Å². The van der Waals surface area contributed by atoms with Crippen molar-refractivity contribution in [1.82, 2.24) is 10.3 Å². The third-order valence-corrected chi connectivity index (χ3v) is 4.52. The summed E-state index contributed by atoms with van der Waals surface area (Å²) in [4.78, 5) is 3.24. The van der Waals surface area contributed by atoms with E-state index in [4.69, 9.17) is 0 Å². The number of aromatic amines is 1. The Kier molecular flexibility index (Phi) is 3.81. The van der Waals surface area contributed by atoms with Crippen LogP contribution in [-0.2, 0) is 6.54 Å². The molecule has 1 heterocycles. The fraction of sp³-hybridized carbons (Fsp3) is 0.529. The monoisotopic (exact) mass is 272 g/mol. The molecule has 3 nitrogen and oxygen atoms in total. The van der Waals surface area contributed by atoms with Crippen molar-refractivity contribution in [3.63, 3.8) is 0 Å². The highest BCUT2D eigenvalue weighted by Crippen LogP contribution is 2.31. The van der Waals surface area contributed by atoms with Gasteiger partial charge in [-0.25, -0.2) is 0 Å². The van der Waals surface area contributed by atoms with E-state index in [2.05, 4.69) is 41.5 Å². The number of aromatic nitrogens is 1. The van der Waals surface area contributed by atoms with Gasteiger partial charge >= 0.3 is 0 Å². The van der Waals surface area contributed by atoms with Crippen molar-refractivity contribution >= 4 is 10.9 Å². The summed E-state index contributed by atoms with van der Waals surface area (Å²) < 4.78 is 0. The second-order valence-corrected chi connectivity index (χ2v) is 6.39. The molecule has 0 spiro atoms. The van der Waals surface area contributed by atoms with Crippen LogP contribution in [0.15, 0.2) is 30.5 Å². The normalized spacial score (nSPS) is 27.0. The van der Waals surface area contributed by atoms with E-state index in [-0.39, 0.29) is 0 Å². The largest absolute Gasteiger partial charge is 0.389 e. The molecule has 0 saturated heterocycles. The summed E-state index contributed by atoms with van der Waals surface area (Å²) in [7, 11) is 0. The lowest BCUT2D eigenvalue weighted by molar-refractivity contribution is -0.0119. The van der Waals surface area contributed by atoms with Crippen LogP contribution in [0.3, 0.4) is 0 Å². The van der Waals surface area contributed by atoms with Gasteiger partial charge in [0.2, 0.25) is 0 Å². The van der Waals surface area contributed by atoms with Crippen molar-refractivity contribution in [3.8, 4) is 0 Å². The van der Waals surface area contributed by atoms with Crippen LogP contribution in [0.1, 0.15) is 38.2 Å². The van der Waals surface area contributed by atoms with Crippen molar-refractivity contribution in [3.05, 3.63) is 36.0 Å². The fourth-order valence-corrected chi connectivity index (χ4v) is 3.53. The molecule has 0 amide bonds. The van der Waals surface area contributed by atoms with Crippen molar-refractivity contribution in [2.24, 2.45) is 5.92 Å². The minimum atomic E-state index is -0.510. The third-order valence-electron chi connectivity index (χ3n) is 4.52. The van der Waals surface area contributed by atoms with Gasteiger partial charge in [-0.1, -0.05) is 31.9 Å². The number of fused-ring (bicyclic) bond motifs is 1. The van der Waals surface area contributed by atoms with Crippen LogP contribution in [0, 0.1) is 5.92 Å². The van der Waals surface area contributed by atoms with Crippen LogP contribution in [0.25, 0.3) is 10.9 Å². The summed E-state index contributed by atoms with van der Waals surface area (Å²) in [5.41, 5.74) is 1.95. The topological polar surface area (TPSA) is 48.0 Å². The number of H-pyrrole nitrogens is 1. The quantitative estimate of drug-likeness (QED) is 0.800. The number of aliphatic hydroxyl groups is 1. The van der Waals surface area contributed by atoms with Crippen LogP contribution >= 0.6 is 0 Å². The Labute approximate surface area is 120 Å². The molecule has 2 aromatic rings. The Hall–Kier alpha value is -1.32. The van der Waals surface area contributed by atoms with Gasteiger partial charge in [0.15, 0.2) is 0 Å². The SMILES string of the molecule is CC1CCCC(O)(CNCc2cccc3[nH]ccc23)C1. The van der Waals surface area contributed by atoms with Gasteiger partial charge in [0, 0.05) is 30.2 Å². The lowest BCUT2D eigenvalue weighted by atomic mass is 9.79. The lowest BCUT2D eigenvalue weighted by Crippen LogP contribution is -2.43. The summed E-state index contributed by atoms with van der Waals surface area (Å²) in [6, 6.07) is 8.43. The summed E-state index contributed by atoms with van der Waals surface area (Å²) in [6.07, 6.45) is 6.23. The molecule has 1 saturated carbocycles. The van der Waals surface area contributed by atoms with Gasteiger partial charge in [-0.2, -0.15) is 0 Å². The molecule has 3 rings (SSSR count). The molecule has 3 N–H and O–H groups in total. The molecular weight excluding hydrogens is 248 g/mol. The second-order valence-electron chi connectivity index (χ2n) is 6.39. The summed E-state index contributed by atoms with van der Waals surface area (Å²) in [5.74, 6) is 0.642. The smallest absolute Gasteiger partial charge is 0.0774 e. The Balaban J connectivity index is 1.61. The summed E-state index contributed by atoms with van der Waals surface area (Å²) in [5, 5.41) is 15.3. The molecule has 1 aliphatic carbocycles. The van der Waals surface area contributed by atoms with Crippen LogP contribution < -0.4 is 5.32 Å². The summed E-state index contributed by atoms with van der Waals surface area (Å²) in [6.45, 7) is 3.74. The highest BCUT2D eigenvalue weighted by molar-refractivity contribution is 5.82. The Bertz CT molecular complexity index is 577. The zero-order valence-electron chi connectivity index (χ0n) is 12.2. The highest BCUT2D eigenvalue weighted by atomic mass is 16.3. The first-order valence-electron chi connectivity index (χ1n) is 7.64. The molecule has 2 unspecified atom stereocenters. The van der Waals surface area contributed by atoms with Gasteiger partial charge < -0.3 is 15.4 Å². The first-order valence-corrected chi connectivity index (χ1v) is 7.64. The number of rotatable bonds is 4. The predicted molar refractivity (Wildman–Crippen MR) is 82.6 cm³/mol. The zero-order chi connectivity index (χ0) is 14.0. The number of benzene rings is 1. The second kappa shape index (κ2) is 5.58. The van der Waals surface area contributed by atoms with E-state index in [1.165, 1.54) is 22.9 Å². The van der Waals surface area contributed by atoms with E-state index >= 15 is 0 Å². The summed E-state index contributed by atoms with van der Waals surface area (Å²) >= 11 is 0. The van der Waals surface area contributed by atoms with Crippen molar-refractivity contribution < 1.29 is 5.11 Å². The van der Waals surface area contributed by atoms with Gasteiger partial charge in [-0.3, -0.25) is 0 Å². The number of nitrogens with one attached hydrogen (secondary N) is 2. The third kappa shape index (κ3) is 2.89. The molecular formula is C17H24N2O. The van der Waals surface area contributed by atoms with E-state index in [1.807, 2.05) is 6.20 Å². The molecule has 20 heavy (non-hydrogen) atoms. The first kappa shape index (κ1) is 13.7. The molecule has 0 radical (unpaired) electrons. The molecule has 1 aromatic carbocycles. The number of hydrogen-bond donors (Lipinski definition) is 3. The molecule has 3 heteroatoms. The van der Waals surface area contributed by atoms with E-state index in [0.29, 0.717) is 12.5 Å². The minimum Gasteiger partial charge on any atom is -0.389 e.